The van der Waals surface area contributed by atoms with Crippen LogP contribution < -0.4 is 4.31 Å². The summed E-state index contributed by atoms with van der Waals surface area (Å²) < 4.78 is 29.8. The van der Waals surface area contributed by atoms with Crippen molar-refractivity contribution in [2.24, 2.45) is 0 Å². The molecule has 0 unspecified atom stereocenters. The average Bonchev–Trinajstić information content (AvgIpc) is 3.04. The Morgan fingerprint density at radius 2 is 1.72 bits per heavy atom. The Morgan fingerprint density at radius 3 is 2.52 bits per heavy atom. The van der Waals surface area contributed by atoms with Crippen molar-refractivity contribution in [3.8, 4) is 5.69 Å². The Kier molecular flexibility index (Phi) is 3.84. The minimum Gasteiger partial charge on any atom is -0.266 e. The SMILES string of the molecule is Cc1c(S(=O)(=O)N2CCCc3ccccc32)cnn1-c1ccccc1. The predicted octanol–water partition coefficient (Wildman–Crippen LogP) is 3.32. The van der Waals surface area contributed by atoms with E-state index in [-0.39, 0.29) is 4.90 Å². The van der Waals surface area contributed by atoms with Gasteiger partial charge in [0.15, 0.2) is 0 Å². The molecule has 0 spiro atoms. The molecule has 3 aromatic rings. The lowest BCUT2D eigenvalue weighted by molar-refractivity contribution is 0.586. The molecule has 0 saturated carbocycles. The van der Waals surface area contributed by atoms with E-state index in [0.717, 1.165) is 29.8 Å². The Morgan fingerprint density at radius 1 is 1.00 bits per heavy atom. The first kappa shape index (κ1) is 15.9. The van der Waals surface area contributed by atoms with E-state index in [1.165, 1.54) is 10.5 Å². The van der Waals surface area contributed by atoms with Gasteiger partial charge in [-0.2, -0.15) is 5.10 Å². The number of anilines is 1. The van der Waals surface area contributed by atoms with Gasteiger partial charge in [0.25, 0.3) is 10.0 Å². The molecule has 0 fully saturated rings. The molecule has 25 heavy (non-hydrogen) atoms. The minimum atomic E-state index is -3.64. The second kappa shape index (κ2) is 6.04. The van der Waals surface area contributed by atoms with E-state index in [4.69, 9.17) is 0 Å². The van der Waals surface area contributed by atoms with Gasteiger partial charge in [0.1, 0.15) is 4.90 Å². The van der Waals surface area contributed by atoms with Crippen LogP contribution in [-0.2, 0) is 16.4 Å². The minimum absolute atomic E-state index is 0.257. The number of benzene rings is 2. The highest BCUT2D eigenvalue weighted by Gasteiger charge is 2.31. The summed E-state index contributed by atoms with van der Waals surface area (Å²) in [5.41, 5.74) is 3.32. The molecule has 5 nitrogen and oxygen atoms in total. The summed E-state index contributed by atoms with van der Waals surface area (Å²) in [4.78, 5) is 0.257. The molecule has 1 aromatic heterocycles. The van der Waals surface area contributed by atoms with Crippen molar-refractivity contribution < 1.29 is 8.42 Å². The Bertz CT molecular complexity index is 1010. The summed E-state index contributed by atoms with van der Waals surface area (Å²) in [7, 11) is -3.64. The van der Waals surface area contributed by atoms with Gasteiger partial charge < -0.3 is 0 Å². The second-order valence-corrected chi connectivity index (χ2v) is 7.98. The molecule has 2 aromatic carbocycles. The van der Waals surface area contributed by atoms with Crippen LogP contribution in [0.1, 0.15) is 17.7 Å². The fourth-order valence-electron chi connectivity index (χ4n) is 3.34. The van der Waals surface area contributed by atoms with E-state index in [1.807, 2.05) is 54.6 Å². The van der Waals surface area contributed by atoms with Crippen LogP contribution in [0.5, 0.6) is 0 Å². The highest BCUT2D eigenvalue weighted by Crippen LogP contribution is 2.32. The molecular weight excluding hydrogens is 334 g/mol. The molecular formula is C19H19N3O2S. The van der Waals surface area contributed by atoms with Crippen molar-refractivity contribution >= 4 is 15.7 Å². The average molecular weight is 353 g/mol. The second-order valence-electron chi connectivity index (χ2n) is 6.15. The van der Waals surface area contributed by atoms with Gasteiger partial charge in [-0.3, -0.25) is 4.31 Å². The summed E-state index contributed by atoms with van der Waals surface area (Å²) in [5, 5.41) is 4.31. The maximum atomic E-state index is 13.3. The number of aromatic nitrogens is 2. The van der Waals surface area contributed by atoms with Crippen LogP contribution in [0.2, 0.25) is 0 Å². The van der Waals surface area contributed by atoms with Gasteiger partial charge in [0.05, 0.1) is 23.3 Å². The van der Waals surface area contributed by atoms with Crippen molar-refractivity contribution in [3.05, 3.63) is 72.1 Å². The zero-order chi connectivity index (χ0) is 17.4. The van der Waals surface area contributed by atoms with E-state index in [1.54, 1.807) is 11.6 Å². The third kappa shape index (κ3) is 2.62. The topological polar surface area (TPSA) is 55.2 Å². The van der Waals surface area contributed by atoms with Gasteiger partial charge in [-0.1, -0.05) is 36.4 Å². The zero-order valence-corrected chi connectivity index (χ0v) is 14.8. The zero-order valence-electron chi connectivity index (χ0n) is 14.0. The van der Waals surface area contributed by atoms with E-state index in [2.05, 4.69) is 5.10 Å². The highest BCUT2D eigenvalue weighted by atomic mass is 32.2. The summed E-state index contributed by atoms with van der Waals surface area (Å²) >= 11 is 0. The molecule has 0 amide bonds. The summed E-state index contributed by atoms with van der Waals surface area (Å²) in [6.45, 7) is 2.29. The number of fused-ring (bicyclic) bond motifs is 1. The smallest absolute Gasteiger partial charge is 0.266 e. The number of nitrogens with zero attached hydrogens (tertiary/aromatic N) is 3. The molecule has 0 radical (unpaired) electrons. The van der Waals surface area contributed by atoms with Crippen LogP contribution in [-0.4, -0.2) is 24.7 Å². The largest absolute Gasteiger partial charge is 0.267 e. The van der Waals surface area contributed by atoms with E-state index >= 15 is 0 Å². The lowest BCUT2D eigenvalue weighted by Gasteiger charge is -2.30. The number of hydrogen-bond donors (Lipinski definition) is 0. The standard InChI is InChI=1S/C19H19N3O2S/c1-15-19(14-20-22(15)17-10-3-2-4-11-17)25(23,24)21-13-7-9-16-8-5-6-12-18(16)21/h2-6,8,10-12,14H,7,9,13H2,1H3. The summed E-state index contributed by atoms with van der Waals surface area (Å²) in [5.74, 6) is 0. The normalized spacial score (nSPS) is 14.4. The van der Waals surface area contributed by atoms with Crippen molar-refractivity contribution in [1.29, 1.82) is 0 Å². The summed E-state index contributed by atoms with van der Waals surface area (Å²) in [6, 6.07) is 17.3. The van der Waals surface area contributed by atoms with Gasteiger partial charge in [0.2, 0.25) is 0 Å². The van der Waals surface area contributed by atoms with E-state index < -0.39 is 10.0 Å². The van der Waals surface area contributed by atoms with Gasteiger partial charge in [-0.05, 0) is 43.5 Å². The maximum Gasteiger partial charge on any atom is 0.267 e. The molecule has 128 valence electrons. The van der Waals surface area contributed by atoms with Gasteiger partial charge in [0, 0.05) is 6.54 Å². The number of aryl methyl sites for hydroxylation is 1. The molecule has 0 atom stereocenters. The van der Waals surface area contributed by atoms with Crippen LogP contribution >= 0.6 is 0 Å². The van der Waals surface area contributed by atoms with Crippen molar-refractivity contribution in [1.82, 2.24) is 9.78 Å². The molecule has 4 rings (SSSR count). The highest BCUT2D eigenvalue weighted by molar-refractivity contribution is 7.92. The Balaban J connectivity index is 1.79. The summed E-state index contributed by atoms with van der Waals surface area (Å²) in [6.07, 6.45) is 3.18. The monoisotopic (exact) mass is 353 g/mol. The maximum absolute atomic E-state index is 13.3. The number of para-hydroxylation sites is 2. The number of sulfonamides is 1. The van der Waals surface area contributed by atoms with Gasteiger partial charge in [-0.15, -0.1) is 0 Å². The first-order valence-corrected chi connectivity index (χ1v) is 9.74. The molecule has 1 aliphatic rings. The Hall–Kier alpha value is -2.60. The third-order valence-electron chi connectivity index (χ3n) is 4.60. The molecule has 6 heteroatoms. The molecule has 0 saturated heterocycles. The fraction of sp³-hybridized carbons (Fsp3) is 0.211. The molecule has 0 N–H and O–H groups in total. The van der Waals surface area contributed by atoms with Crippen LogP contribution in [0.3, 0.4) is 0 Å². The first-order chi connectivity index (χ1) is 12.1. The van der Waals surface area contributed by atoms with Crippen molar-refractivity contribution in [2.45, 2.75) is 24.7 Å². The lowest BCUT2D eigenvalue weighted by Crippen LogP contribution is -2.35. The van der Waals surface area contributed by atoms with Crippen molar-refractivity contribution in [3.63, 3.8) is 0 Å². The van der Waals surface area contributed by atoms with Crippen LogP contribution in [0, 0.1) is 6.92 Å². The fourth-order valence-corrected chi connectivity index (χ4v) is 5.03. The van der Waals surface area contributed by atoms with Crippen LogP contribution in [0.4, 0.5) is 5.69 Å². The third-order valence-corrected chi connectivity index (χ3v) is 6.52. The number of hydrogen-bond acceptors (Lipinski definition) is 3. The lowest BCUT2D eigenvalue weighted by atomic mass is 10.0. The van der Waals surface area contributed by atoms with E-state index in [0.29, 0.717) is 12.2 Å². The molecule has 0 bridgehead atoms. The quantitative estimate of drug-likeness (QED) is 0.726. The van der Waals surface area contributed by atoms with Crippen LogP contribution in [0.25, 0.3) is 5.69 Å². The molecule has 1 aliphatic heterocycles. The predicted molar refractivity (Wildman–Crippen MR) is 97.6 cm³/mol. The van der Waals surface area contributed by atoms with E-state index in [9.17, 15) is 8.42 Å². The Labute approximate surface area is 147 Å². The van der Waals surface area contributed by atoms with Gasteiger partial charge in [-0.25, -0.2) is 13.1 Å². The van der Waals surface area contributed by atoms with Crippen LogP contribution in [0.15, 0.2) is 65.7 Å². The molecule has 2 heterocycles. The number of rotatable bonds is 3. The van der Waals surface area contributed by atoms with Crippen molar-refractivity contribution in [2.75, 3.05) is 10.8 Å². The first-order valence-electron chi connectivity index (χ1n) is 8.30. The molecule has 0 aliphatic carbocycles. The van der Waals surface area contributed by atoms with Gasteiger partial charge >= 0.3 is 0 Å².